The molecular weight excluding hydrogens is 245 g/mol. The second kappa shape index (κ2) is 6.41. The standard InChI is InChI=1S/C12H21F3N2O/c1-8-2-3-10(6-8)17-11(18)7-9(4-5-16)12(13,14)15/h8-10H,2-7,16H2,1H3,(H,17,18). The molecule has 0 radical (unpaired) electrons. The molecular formula is C12H21F3N2O. The Morgan fingerprint density at radius 2 is 2.11 bits per heavy atom. The van der Waals surface area contributed by atoms with Crippen LogP contribution < -0.4 is 11.1 Å². The van der Waals surface area contributed by atoms with Gasteiger partial charge in [-0.25, -0.2) is 0 Å². The monoisotopic (exact) mass is 266 g/mol. The molecule has 0 aromatic heterocycles. The van der Waals surface area contributed by atoms with Crippen molar-refractivity contribution in [1.29, 1.82) is 0 Å². The van der Waals surface area contributed by atoms with E-state index in [0.29, 0.717) is 5.92 Å². The summed E-state index contributed by atoms with van der Waals surface area (Å²) in [7, 11) is 0. The molecule has 0 aliphatic heterocycles. The Kier molecular flexibility index (Phi) is 5.44. The van der Waals surface area contributed by atoms with Gasteiger partial charge in [-0.1, -0.05) is 6.92 Å². The minimum Gasteiger partial charge on any atom is -0.353 e. The zero-order chi connectivity index (χ0) is 13.8. The molecule has 1 fully saturated rings. The van der Waals surface area contributed by atoms with Crippen molar-refractivity contribution in [1.82, 2.24) is 5.32 Å². The van der Waals surface area contributed by atoms with E-state index >= 15 is 0 Å². The summed E-state index contributed by atoms with van der Waals surface area (Å²) in [4.78, 5) is 11.6. The van der Waals surface area contributed by atoms with Crippen LogP contribution >= 0.6 is 0 Å². The first-order chi connectivity index (χ1) is 8.32. The highest BCUT2D eigenvalue weighted by Crippen LogP contribution is 2.31. The molecule has 0 spiro atoms. The number of amides is 1. The fourth-order valence-electron chi connectivity index (χ4n) is 2.43. The third kappa shape index (κ3) is 4.84. The average molecular weight is 266 g/mol. The molecule has 3 N–H and O–H groups in total. The lowest BCUT2D eigenvalue weighted by Crippen LogP contribution is -2.37. The molecule has 3 atom stereocenters. The number of hydrogen-bond donors (Lipinski definition) is 2. The largest absolute Gasteiger partial charge is 0.392 e. The molecule has 1 saturated carbocycles. The molecule has 6 heteroatoms. The van der Waals surface area contributed by atoms with Gasteiger partial charge >= 0.3 is 6.18 Å². The summed E-state index contributed by atoms with van der Waals surface area (Å²) in [6.07, 6.45) is -2.31. The first-order valence-corrected chi connectivity index (χ1v) is 6.39. The highest BCUT2D eigenvalue weighted by molar-refractivity contribution is 5.76. The quantitative estimate of drug-likeness (QED) is 0.801. The van der Waals surface area contributed by atoms with Gasteiger partial charge in [0.15, 0.2) is 0 Å². The topological polar surface area (TPSA) is 55.1 Å². The van der Waals surface area contributed by atoms with Gasteiger partial charge in [-0.05, 0) is 38.1 Å². The van der Waals surface area contributed by atoms with Crippen molar-refractivity contribution in [3.8, 4) is 0 Å². The van der Waals surface area contributed by atoms with Crippen molar-refractivity contribution in [2.45, 2.75) is 51.2 Å². The van der Waals surface area contributed by atoms with Gasteiger partial charge in [-0.15, -0.1) is 0 Å². The van der Waals surface area contributed by atoms with E-state index in [-0.39, 0.29) is 19.0 Å². The number of halogens is 3. The molecule has 0 aromatic carbocycles. The van der Waals surface area contributed by atoms with E-state index in [1.807, 2.05) is 0 Å². The molecule has 1 amide bonds. The Morgan fingerprint density at radius 3 is 2.56 bits per heavy atom. The van der Waals surface area contributed by atoms with Gasteiger partial charge in [0.25, 0.3) is 0 Å². The van der Waals surface area contributed by atoms with Gasteiger partial charge in [-0.3, -0.25) is 4.79 Å². The van der Waals surface area contributed by atoms with E-state index in [4.69, 9.17) is 5.73 Å². The Morgan fingerprint density at radius 1 is 1.44 bits per heavy atom. The van der Waals surface area contributed by atoms with Gasteiger partial charge in [0.05, 0.1) is 5.92 Å². The summed E-state index contributed by atoms with van der Waals surface area (Å²) >= 11 is 0. The summed E-state index contributed by atoms with van der Waals surface area (Å²) in [5, 5.41) is 2.69. The second-order valence-electron chi connectivity index (χ2n) is 5.20. The summed E-state index contributed by atoms with van der Waals surface area (Å²) in [5.41, 5.74) is 5.15. The fourth-order valence-corrected chi connectivity index (χ4v) is 2.43. The Hall–Kier alpha value is -0.780. The highest BCUT2D eigenvalue weighted by Gasteiger charge is 2.40. The smallest absolute Gasteiger partial charge is 0.353 e. The lowest BCUT2D eigenvalue weighted by molar-refractivity contribution is -0.180. The molecule has 18 heavy (non-hydrogen) atoms. The van der Waals surface area contributed by atoms with Crippen LogP contribution in [0.5, 0.6) is 0 Å². The summed E-state index contributed by atoms with van der Waals surface area (Å²) < 4.78 is 37.8. The maximum Gasteiger partial charge on any atom is 0.392 e. The molecule has 0 saturated heterocycles. The number of carbonyl (C=O) groups excluding carboxylic acids is 1. The second-order valence-corrected chi connectivity index (χ2v) is 5.20. The van der Waals surface area contributed by atoms with Crippen LogP contribution in [0.2, 0.25) is 0 Å². The summed E-state index contributed by atoms with van der Waals surface area (Å²) in [6.45, 7) is 2.02. The van der Waals surface area contributed by atoms with Crippen LogP contribution in [0.4, 0.5) is 13.2 Å². The predicted molar refractivity (Wildman–Crippen MR) is 62.8 cm³/mol. The molecule has 0 bridgehead atoms. The Balaban J connectivity index is 2.41. The third-order valence-corrected chi connectivity index (χ3v) is 3.47. The SMILES string of the molecule is CC1CCC(NC(=O)CC(CCN)C(F)(F)F)C1. The number of nitrogens with two attached hydrogens (primary N) is 1. The predicted octanol–water partition coefficient (Wildman–Crippen LogP) is 2.21. The van der Waals surface area contributed by atoms with Crippen molar-refractivity contribution in [3.63, 3.8) is 0 Å². The van der Waals surface area contributed by atoms with Gasteiger partial charge in [0, 0.05) is 12.5 Å². The van der Waals surface area contributed by atoms with Crippen molar-refractivity contribution in [3.05, 3.63) is 0 Å². The van der Waals surface area contributed by atoms with Crippen LogP contribution in [-0.4, -0.2) is 24.7 Å². The average Bonchev–Trinajstić information content (AvgIpc) is 2.62. The van der Waals surface area contributed by atoms with Crippen LogP contribution in [0.15, 0.2) is 0 Å². The molecule has 0 aromatic rings. The number of carbonyl (C=O) groups is 1. The van der Waals surface area contributed by atoms with Crippen molar-refractivity contribution >= 4 is 5.91 Å². The van der Waals surface area contributed by atoms with E-state index < -0.39 is 24.4 Å². The molecule has 1 rings (SSSR count). The fraction of sp³-hybridized carbons (Fsp3) is 0.917. The molecule has 3 unspecified atom stereocenters. The van der Waals surface area contributed by atoms with Crippen LogP contribution in [-0.2, 0) is 4.79 Å². The minimum absolute atomic E-state index is 0.0410. The lowest BCUT2D eigenvalue weighted by atomic mass is 10.00. The summed E-state index contributed by atoms with van der Waals surface area (Å²) in [6, 6.07) is 0.0410. The number of alkyl halides is 3. The van der Waals surface area contributed by atoms with Gasteiger partial charge < -0.3 is 11.1 Å². The molecule has 1 aliphatic rings. The van der Waals surface area contributed by atoms with Crippen LogP contribution in [0.3, 0.4) is 0 Å². The van der Waals surface area contributed by atoms with Crippen molar-refractivity contribution in [2.24, 2.45) is 17.6 Å². The molecule has 1 aliphatic carbocycles. The van der Waals surface area contributed by atoms with Gasteiger partial charge in [0.1, 0.15) is 0 Å². The molecule has 3 nitrogen and oxygen atoms in total. The number of hydrogen-bond acceptors (Lipinski definition) is 2. The summed E-state index contributed by atoms with van der Waals surface area (Å²) in [5.74, 6) is -1.59. The number of nitrogens with one attached hydrogen (secondary N) is 1. The maximum atomic E-state index is 12.6. The van der Waals surface area contributed by atoms with Crippen molar-refractivity contribution in [2.75, 3.05) is 6.54 Å². The number of rotatable bonds is 5. The van der Waals surface area contributed by atoms with Crippen LogP contribution in [0, 0.1) is 11.8 Å². The van der Waals surface area contributed by atoms with E-state index in [1.165, 1.54) is 0 Å². The van der Waals surface area contributed by atoms with E-state index in [9.17, 15) is 18.0 Å². The van der Waals surface area contributed by atoms with Gasteiger partial charge in [0.2, 0.25) is 5.91 Å². The lowest BCUT2D eigenvalue weighted by Gasteiger charge is -2.20. The van der Waals surface area contributed by atoms with E-state index in [2.05, 4.69) is 12.2 Å². The minimum atomic E-state index is -4.35. The first kappa shape index (κ1) is 15.3. The van der Waals surface area contributed by atoms with Gasteiger partial charge in [-0.2, -0.15) is 13.2 Å². The Labute approximate surface area is 105 Å². The highest BCUT2D eigenvalue weighted by atomic mass is 19.4. The molecule has 0 heterocycles. The normalized spacial score (nSPS) is 26.1. The van der Waals surface area contributed by atoms with Crippen LogP contribution in [0.1, 0.15) is 39.0 Å². The van der Waals surface area contributed by atoms with Crippen LogP contribution in [0.25, 0.3) is 0 Å². The zero-order valence-corrected chi connectivity index (χ0v) is 10.6. The molecule has 106 valence electrons. The maximum absolute atomic E-state index is 12.6. The third-order valence-electron chi connectivity index (χ3n) is 3.47. The first-order valence-electron chi connectivity index (χ1n) is 6.39. The zero-order valence-electron chi connectivity index (χ0n) is 10.6. The van der Waals surface area contributed by atoms with E-state index in [1.54, 1.807) is 0 Å². The van der Waals surface area contributed by atoms with E-state index in [0.717, 1.165) is 19.3 Å². The van der Waals surface area contributed by atoms with Crippen molar-refractivity contribution < 1.29 is 18.0 Å². The Bertz CT molecular complexity index is 281.